The number of nitrogens with one attached hydrogen (secondary N) is 1. The fraction of sp³-hybridized carbons (Fsp3) is 0.613. The Hall–Kier alpha value is -2.36. The molecule has 0 aromatic carbocycles. The molecule has 3 aromatic heterocycles. The molecule has 1 aliphatic carbocycles. The molecule has 3 aromatic rings. The Morgan fingerprint density at radius 1 is 1.18 bits per heavy atom. The van der Waals surface area contributed by atoms with Crippen molar-refractivity contribution in [2.45, 2.75) is 90.8 Å². The van der Waals surface area contributed by atoms with Gasteiger partial charge in [0, 0.05) is 40.4 Å². The van der Waals surface area contributed by atoms with Crippen molar-refractivity contribution < 1.29 is 14.3 Å². The van der Waals surface area contributed by atoms with Crippen molar-refractivity contribution in [1.29, 1.82) is 0 Å². The number of hydrogen-bond donors (Lipinski definition) is 1. The summed E-state index contributed by atoms with van der Waals surface area (Å²) in [6, 6.07) is 2.00. The van der Waals surface area contributed by atoms with E-state index in [2.05, 4.69) is 17.2 Å². The van der Waals surface area contributed by atoms with E-state index < -0.39 is 5.60 Å². The summed E-state index contributed by atoms with van der Waals surface area (Å²) in [4.78, 5) is 39.6. The first-order valence-electron chi connectivity index (χ1n) is 14.7. The van der Waals surface area contributed by atoms with Gasteiger partial charge < -0.3 is 15.0 Å². The predicted octanol–water partition coefficient (Wildman–Crippen LogP) is 6.63. The van der Waals surface area contributed by atoms with Crippen molar-refractivity contribution in [3.8, 4) is 10.6 Å². The minimum atomic E-state index is -0.543. The van der Waals surface area contributed by atoms with E-state index in [0.717, 1.165) is 61.1 Å². The monoisotopic (exact) mass is 580 g/mol. The largest absolute Gasteiger partial charge is 0.444 e. The fourth-order valence-electron chi connectivity index (χ4n) is 6.84. The predicted molar refractivity (Wildman–Crippen MR) is 161 cm³/mol. The number of rotatable bonds is 7. The number of amides is 1. The molecule has 0 spiro atoms. The summed E-state index contributed by atoms with van der Waals surface area (Å²) in [5.74, 6) is 2.80. The molecule has 1 amide bonds. The van der Waals surface area contributed by atoms with E-state index in [4.69, 9.17) is 9.72 Å². The molecule has 40 heavy (non-hydrogen) atoms. The second-order valence-electron chi connectivity index (χ2n) is 12.9. The molecule has 4 atom stereocenters. The summed E-state index contributed by atoms with van der Waals surface area (Å²) in [6.45, 7) is 10.6. The second-order valence-corrected chi connectivity index (χ2v) is 15.2. The van der Waals surface area contributed by atoms with Crippen molar-refractivity contribution in [2.75, 3.05) is 13.1 Å². The SMILES string of the molecule is C[C@@H]1Cc2c(sc(CC(=O)CCCC3C[C@H]4CNC[C@H]4C3)c2-c2nc3cnccc3s2)CN1C(=O)OC(C)(C)C. The van der Waals surface area contributed by atoms with Crippen molar-refractivity contribution in [3.63, 3.8) is 0 Å². The van der Waals surface area contributed by atoms with Crippen LogP contribution in [-0.4, -0.2) is 51.5 Å². The highest BCUT2D eigenvalue weighted by molar-refractivity contribution is 7.22. The Labute approximate surface area is 244 Å². The number of nitrogens with zero attached hydrogens (tertiary/aromatic N) is 3. The first-order chi connectivity index (χ1) is 19.1. The minimum absolute atomic E-state index is 0.00333. The first-order valence-corrected chi connectivity index (χ1v) is 16.3. The lowest BCUT2D eigenvalue weighted by atomic mass is 9.94. The lowest BCUT2D eigenvalue weighted by Crippen LogP contribution is -2.44. The van der Waals surface area contributed by atoms with Crippen LogP contribution in [-0.2, 0) is 28.9 Å². The van der Waals surface area contributed by atoms with E-state index in [-0.39, 0.29) is 12.1 Å². The van der Waals surface area contributed by atoms with Crippen LogP contribution in [0.15, 0.2) is 18.5 Å². The van der Waals surface area contributed by atoms with Gasteiger partial charge in [0.1, 0.15) is 21.9 Å². The molecule has 7 nitrogen and oxygen atoms in total. The molecule has 0 bridgehead atoms. The van der Waals surface area contributed by atoms with Gasteiger partial charge in [-0.2, -0.15) is 0 Å². The van der Waals surface area contributed by atoms with Gasteiger partial charge in [0.25, 0.3) is 0 Å². The molecular weight excluding hydrogens is 541 g/mol. The third kappa shape index (κ3) is 5.83. The van der Waals surface area contributed by atoms with Gasteiger partial charge in [-0.25, -0.2) is 9.78 Å². The molecule has 214 valence electrons. The summed E-state index contributed by atoms with van der Waals surface area (Å²) in [7, 11) is 0. The molecule has 3 aliphatic rings. The van der Waals surface area contributed by atoms with Crippen LogP contribution < -0.4 is 5.32 Å². The topological polar surface area (TPSA) is 84.4 Å². The number of pyridine rings is 1. The van der Waals surface area contributed by atoms with Gasteiger partial charge in [-0.05, 0) is 95.9 Å². The van der Waals surface area contributed by atoms with Crippen LogP contribution in [0.3, 0.4) is 0 Å². The molecule has 9 heteroatoms. The van der Waals surface area contributed by atoms with Crippen LogP contribution >= 0.6 is 22.7 Å². The molecule has 2 fully saturated rings. The van der Waals surface area contributed by atoms with Crippen LogP contribution in [0.1, 0.15) is 75.1 Å². The van der Waals surface area contributed by atoms with Gasteiger partial charge in [0.05, 0.1) is 17.4 Å². The third-order valence-corrected chi connectivity index (χ3v) is 11.0. The maximum absolute atomic E-state index is 13.3. The molecule has 5 heterocycles. The molecule has 6 rings (SSSR count). The van der Waals surface area contributed by atoms with E-state index in [9.17, 15) is 9.59 Å². The maximum atomic E-state index is 13.3. The van der Waals surface area contributed by atoms with Crippen LogP contribution in [0, 0.1) is 17.8 Å². The Morgan fingerprint density at radius 2 is 1.95 bits per heavy atom. The standard InChI is InChI=1S/C31H40N4O3S2/c1-18-10-23-27(17-35(18)30(37)38-31(2,3)4)39-26(28(23)29-34-24-16-32-9-8-25(24)40-29)13-22(36)7-5-6-19-11-20-14-33-15-21(20)12-19/h8-9,16,18-21,33H,5-7,10-15,17H2,1-4H3/t18-,19?,20-,21+/m1/s1. The summed E-state index contributed by atoms with van der Waals surface area (Å²) in [5, 5.41) is 4.48. The van der Waals surface area contributed by atoms with E-state index in [0.29, 0.717) is 25.2 Å². The zero-order valence-electron chi connectivity index (χ0n) is 24.0. The highest BCUT2D eigenvalue weighted by Crippen LogP contribution is 2.44. The second kappa shape index (κ2) is 11.1. The number of thiazole rings is 1. The van der Waals surface area contributed by atoms with E-state index in [1.165, 1.54) is 37.9 Å². The van der Waals surface area contributed by atoms with Crippen molar-refractivity contribution in [2.24, 2.45) is 17.8 Å². The maximum Gasteiger partial charge on any atom is 0.410 e. The zero-order valence-corrected chi connectivity index (χ0v) is 25.6. The summed E-state index contributed by atoms with van der Waals surface area (Å²) >= 11 is 3.34. The third-order valence-electron chi connectivity index (χ3n) is 8.72. The van der Waals surface area contributed by atoms with Gasteiger partial charge >= 0.3 is 6.09 Å². The molecule has 1 saturated carbocycles. The number of ketones is 1. The highest BCUT2D eigenvalue weighted by atomic mass is 32.1. The number of ether oxygens (including phenoxy) is 1. The van der Waals surface area contributed by atoms with Gasteiger partial charge in [-0.1, -0.05) is 6.42 Å². The number of Topliss-reactive ketones (excluding diaryl/α,β-unsaturated/α-hetero) is 1. The Balaban J connectivity index is 1.21. The number of hydrogen-bond acceptors (Lipinski definition) is 8. The summed E-state index contributed by atoms with van der Waals surface area (Å²) < 4.78 is 6.81. The number of aromatic nitrogens is 2. The quantitative estimate of drug-likeness (QED) is 0.338. The number of fused-ring (bicyclic) bond motifs is 3. The van der Waals surface area contributed by atoms with Crippen molar-refractivity contribution >= 4 is 44.8 Å². The van der Waals surface area contributed by atoms with Gasteiger partial charge in [-0.3, -0.25) is 9.78 Å². The van der Waals surface area contributed by atoms with Crippen LogP contribution in [0.25, 0.3) is 20.8 Å². The molecular formula is C31H40N4O3S2. The zero-order chi connectivity index (χ0) is 28.0. The molecule has 2 aliphatic heterocycles. The highest BCUT2D eigenvalue weighted by Gasteiger charge is 2.37. The molecule has 1 unspecified atom stereocenters. The summed E-state index contributed by atoms with van der Waals surface area (Å²) in [5.41, 5.74) is 2.69. The Morgan fingerprint density at radius 3 is 2.67 bits per heavy atom. The molecule has 1 N–H and O–H groups in total. The summed E-state index contributed by atoms with van der Waals surface area (Å²) in [6.07, 6.45) is 9.91. The van der Waals surface area contributed by atoms with Crippen LogP contribution in [0.2, 0.25) is 0 Å². The van der Waals surface area contributed by atoms with Crippen molar-refractivity contribution in [3.05, 3.63) is 33.8 Å². The first kappa shape index (κ1) is 27.8. The average molecular weight is 581 g/mol. The van der Waals surface area contributed by atoms with Crippen LogP contribution in [0.4, 0.5) is 4.79 Å². The average Bonchev–Trinajstić information content (AvgIpc) is 3.64. The normalized spacial score (nSPS) is 24.4. The van der Waals surface area contributed by atoms with Gasteiger partial charge in [0.15, 0.2) is 0 Å². The lowest BCUT2D eigenvalue weighted by Gasteiger charge is -2.35. The van der Waals surface area contributed by atoms with E-state index in [1.807, 2.05) is 31.7 Å². The number of thiophene rings is 1. The molecule has 0 radical (unpaired) electrons. The van der Waals surface area contributed by atoms with E-state index >= 15 is 0 Å². The van der Waals surface area contributed by atoms with Gasteiger partial charge in [0.2, 0.25) is 0 Å². The van der Waals surface area contributed by atoms with Crippen molar-refractivity contribution in [1.82, 2.24) is 20.2 Å². The van der Waals surface area contributed by atoms with Gasteiger partial charge in [-0.15, -0.1) is 22.7 Å². The Kier molecular flexibility index (Phi) is 7.74. The molecule has 1 saturated heterocycles. The minimum Gasteiger partial charge on any atom is -0.444 e. The number of carbonyl (C=O) groups is 2. The smallest absolute Gasteiger partial charge is 0.410 e. The number of carbonyl (C=O) groups excluding carboxylic acids is 2. The lowest BCUT2D eigenvalue weighted by molar-refractivity contribution is -0.118. The van der Waals surface area contributed by atoms with Crippen LogP contribution in [0.5, 0.6) is 0 Å². The Bertz CT molecular complexity index is 1360. The fourth-order valence-corrected chi connectivity index (χ4v) is 9.30. The van der Waals surface area contributed by atoms with E-state index in [1.54, 1.807) is 35.1 Å².